The van der Waals surface area contributed by atoms with E-state index in [1.165, 1.54) is 12.1 Å². The Kier molecular flexibility index (Phi) is 5.29. The summed E-state index contributed by atoms with van der Waals surface area (Å²) in [4.78, 5) is 13.4. The second-order valence-corrected chi connectivity index (χ2v) is 6.30. The number of ether oxygens (including phenoxy) is 1. The Morgan fingerprint density at radius 2 is 1.83 bits per heavy atom. The van der Waals surface area contributed by atoms with Crippen LogP contribution in [0.15, 0.2) is 60.9 Å². The van der Waals surface area contributed by atoms with Crippen molar-refractivity contribution in [3.05, 3.63) is 66.7 Å². The van der Waals surface area contributed by atoms with E-state index in [1.54, 1.807) is 43.7 Å². The van der Waals surface area contributed by atoms with Crippen LogP contribution >= 0.6 is 0 Å². The highest BCUT2D eigenvalue weighted by Gasteiger charge is 2.15. The number of halogens is 2. The molecule has 146 valence electrons. The number of fused-ring (bicyclic) bond motifs is 1. The molecule has 5 nitrogen and oxygen atoms in total. The van der Waals surface area contributed by atoms with E-state index in [0.717, 1.165) is 22.1 Å². The zero-order valence-electron chi connectivity index (χ0n) is 15.7. The van der Waals surface area contributed by atoms with E-state index < -0.39 is 6.67 Å². The molecule has 0 amide bonds. The summed E-state index contributed by atoms with van der Waals surface area (Å²) in [6.45, 7) is -0.717. The molecular weight excluding hydrogens is 374 g/mol. The van der Waals surface area contributed by atoms with E-state index in [-0.39, 0.29) is 12.4 Å². The first kappa shape index (κ1) is 18.7. The molecule has 0 aliphatic rings. The number of nitrogens with zero attached hydrogens (tertiary/aromatic N) is 3. The van der Waals surface area contributed by atoms with Gasteiger partial charge in [0.05, 0.1) is 0 Å². The molecule has 0 fully saturated rings. The van der Waals surface area contributed by atoms with Crippen LogP contribution in [-0.2, 0) is 0 Å². The number of anilines is 1. The highest BCUT2D eigenvalue weighted by molar-refractivity contribution is 5.97. The zero-order valence-corrected chi connectivity index (χ0v) is 15.7. The fourth-order valence-corrected chi connectivity index (χ4v) is 3.08. The Morgan fingerprint density at radius 3 is 2.52 bits per heavy atom. The number of rotatable bonds is 6. The van der Waals surface area contributed by atoms with Crippen LogP contribution in [0.2, 0.25) is 0 Å². The van der Waals surface area contributed by atoms with Crippen molar-refractivity contribution in [3.63, 3.8) is 0 Å². The minimum absolute atomic E-state index is 0.0942. The Bertz CT molecular complexity index is 1140. The van der Waals surface area contributed by atoms with Gasteiger partial charge < -0.3 is 10.1 Å². The van der Waals surface area contributed by atoms with Gasteiger partial charge in [-0.1, -0.05) is 12.1 Å². The Balaban J connectivity index is 1.95. The molecule has 0 spiro atoms. The molecular formula is C22H18F2N4O. The van der Waals surface area contributed by atoms with Crippen LogP contribution in [0.1, 0.15) is 0 Å². The maximum absolute atomic E-state index is 13.3. The molecule has 2 aromatic carbocycles. The van der Waals surface area contributed by atoms with Crippen LogP contribution in [0.5, 0.6) is 5.75 Å². The van der Waals surface area contributed by atoms with E-state index in [1.807, 2.05) is 12.1 Å². The van der Waals surface area contributed by atoms with Gasteiger partial charge >= 0.3 is 0 Å². The summed E-state index contributed by atoms with van der Waals surface area (Å²) in [7, 11) is 1.77. The Labute approximate surface area is 166 Å². The van der Waals surface area contributed by atoms with Crippen molar-refractivity contribution in [2.45, 2.75) is 0 Å². The molecule has 0 aliphatic heterocycles. The quantitative estimate of drug-likeness (QED) is 0.506. The van der Waals surface area contributed by atoms with Crippen molar-refractivity contribution < 1.29 is 13.5 Å². The first-order valence-electron chi connectivity index (χ1n) is 9.08. The molecule has 7 heteroatoms. The fourth-order valence-electron chi connectivity index (χ4n) is 3.08. The van der Waals surface area contributed by atoms with Gasteiger partial charge in [0, 0.05) is 30.4 Å². The van der Waals surface area contributed by atoms with Gasteiger partial charge in [0.25, 0.3) is 0 Å². The van der Waals surface area contributed by atoms with Gasteiger partial charge in [0.1, 0.15) is 36.2 Å². The van der Waals surface area contributed by atoms with Gasteiger partial charge in [-0.25, -0.2) is 18.7 Å². The lowest BCUT2D eigenvalue weighted by Gasteiger charge is -2.14. The van der Waals surface area contributed by atoms with E-state index >= 15 is 0 Å². The molecule has 0 saturated carbocycles. The second-order valence-electron chi connectivity index (χ2n) is 6.30. The van der Waals surface area contributed by atoms with Crippen molar-refractivity contribution in [3.8, 4) is 28.3 Å². The molecule has 0 radical (unpaired) electrons. The summed E-state index contributed by atoms with van der Waals surface area (Å²) >= 11 is 0. The zero-order chi connectivity index (χ0) is 20.2. The highest BCUT2D eigenvalue weighted by Crippen LogP contribution is 2.36. The number of nitrogens with one attached hydrogen (secondary N) is 1. The van der Waals surface area contributed by atoms with E-state index in [4.69, 9.17) is 4.74 Å². The summed E-state index contributed by atoms with van der Waals surface area (Å²) < 4.78 is 31.8. The summed E-state index contributed by atoms with van der Waals surface area (Å²) in [6, 6.07) is 13.5. The van der Waals surface area contributed by atoms with Crippen molar-refractivity contribution in [2.24, 2.45) is 0 Å². The molecule has 1 N–H and O–H groups in total. The van der Waals surface area contributed by atoms with Gasteiger partial charge in [-0.3, -0.25) is 4.98 Å². The van der Waals surface area contributed by atoms with Gasteiger partial charge in [-0.2, -0.15) is 0 Å². The van der Waals surface area contributed by atoms with Gasteiger partial charge in [0.2, 0.25) is 0 Å². The topological polar surface area (TPSA) is 59.9 Å². The predicted molar refractivity (Wildman–Crippen MR) is 109 cm³/mol. The maximum atomic E-state index is 13.3. The molecule has 0 bridgehead atoms. The van der Waals surface area contributed by atoms with Crippen LogP contribution in [0.25, 0.3) is 33.4 Å². The van der Waals surface area contributed by atoms with E-state index in [9.17, 15) is 8.78 Å². The standard InChI is InChI=1S/C22H18F2N4O/c1-25-22-18-11-16(14-4-6-17(24)7-5-14)12-19(29-10-8-23)20(18)27-21(28-22)15-3-2-9-26-13-15/h2-7,9,11-13H,8,10H2,1H3,(H,25,27,28). The molecule has 2 heterocycles. The van der Waals surface area contributed by atoms with Gasteiger partial charge in [0.15, 0.2) is 5.82 Å². The summed E-state index contributed by atoms with van der Waals surface area (Å²) in [5, 5.41) is 3.81. The van der Waals surface area contributed by atoms with Gasteiger partial charge in [-0.15, -0.1) is 0 Å². The van der Waals surface area contributed by atoms with Crippen molar-refractivity contribution in [1.82, 2.24) is 15.0 Å². The third-order valence-electron chi connectivity index (χ3n) is 4.43. The second kappa shape index (κ2) is 8.18. The van der Waals surface area contributed by atoms with Crippen molar-refractivity contribution in [2.75, 3.05) is 25.6 Å². The molecule has 0 saturated heterocycles. The molecule has 0 atom stereocenters. The molecule has 4 aromatic rings. The highest BCUT2D eigenvalue weighted by atomic mass is 19.1. The van der Waals surface area contributed by atoms with Crippen LogP contribution in [0.3, 0.4) is 0 Å². The van der Waals surface area contributed by atoms with E-state index in [0.29, 0.717) is 22.9 Å². The smallest absolute Gasteiger partial charge is 0.163 e. The van der Waals surface area contributed by atoms with Crippen molar-refractivity contribution in [1.29, 1.82) is 0 Å². The third-order valence-corrected chi connectivity index (χ3v) is 4.43. The monoisotopic (exact) mass is 392 g/mol. The average molecular weight is 392 g/mol. The molecule has 4 rings (SSSR count). The largest absolute Gasteiger partial charge is 0.489 e. The number of pyridine rings is 1. The minimum Gasteiger partial charge on any atom is -0.489 e. The first-order chi connectivity index (χ1) is 14.2. The summed E-state index contributed by atoms with van der Waals surface area (Å²) in [6.07, 6.45) is 3.35. The number of alkyl halides is 1. The number of hydrogen-bond acceptors (Lipinski definition) is 5. The van der Waals surface area contributed by atoms with Crippen LogP contribution in [0, 0.1) is 5.82 Å². The van der Waals surface area contributed by atoms with E-state index in [2.05, 4.69) is 20.3 Å². The predicted octanol–water partition coefficient (Wildman–Crippen LogP) is 4.89. The Hall–Kier alpha value is -3.61. The average Bonchev–Trinajstić information content (AvgIpc) is 2.77. The first-order valence-corrected chi connectivity index (χ1v) is 9.08. The number of benzene rings is 2. The number of aromatic nitrogens is 3. The normalized spacial score (nSPS) is 10.9. The third kappa shape index (κ3) is 3.85. The molecule has 2 aromatic heterocycles. The lowest BCUT2D eigenvalue weighted by molar-refractivity contribution is 0.275. The SMILES string of the molecule is CNc1nc(-c2cccnc2)nc2c(OCCF)cc(-c3ccc(F)cc3)cc12. The lowest BCUT2D eigenvalue weighted by atomic mass is 10.0. The minimum atomic E-state index is -0.623. The molecule has 0 aliphatic carbocycles. The Morgan fingerprint density at radius 1 is 1.00 bits per heavy atom. The molecule has 0 unspecified atom stereocenters. The summed E-state index contributed by atoms with van der Waals surface area (Å²) in [5.74, 6) is 1.20. The maximum Gasteiger partial charge on any atom is 0.163 e. The van der Waals surface area contributed by atoms with Crippen molar-refractivity contribution >= 4 is 16.7 Å². The fraction of sp³-hybridized carbons (Fsp3) is 0.136. The number of hydrogen-bond donors (Lipinski definition) is 1. The van der Waals surface area contributed by atoms with Crippen LogP contribution in [0.4, 0.5) is 14.6 Å². The van der Waals surface area contributed by atoms with Crippen LogP contribution < -0.4 is 10.1 Å². The summed E-state index contributed by atoms with van der Waals surface area (Å²) in [5.41, 5.74) is 2.91. The lowest BCUT2D eigenvalue weighted by Crippen LogP contribution is -2.04. The van der Waals surface area contributed by atoms with Gasteiger partial charge in [-0.05, 0) is 47.5 Å². The van der Waals surface area contributed by atoms with Crippen LogP contribution in [-0.4, -0.2) is 35.3 Å². The molecule has 29 heavy (non-hydrogen) atoms.